The van der Waals surface area contributed by atoms with Gasteiger partial charge in [0.25, 0.3) is 5.91 Å². The van der Waals surface area contributed by atoms with Gasteiger partial charge in [0, 0.05) is 28.4 Å². The lowest BCUT2D eigenvalue weighted by Crippen LogP contribution is -2.32. The second kappa shape index (κ2) is 9.70. The van der Waals surface area contributed by atoms with Crippen LogP contribution >= 0.6 is 23.4 Å². The number of nitrogens with one attached hydrogen (secondary N) is 2. The molecule has 2 aromatic heterocycles. The number of hydrogen-bond donors (Lipinski definition) is 2. The van der Waals surface area contributed by atoms with Crippen molar-refractivity contribution in [1.82, 2.24) is 19.7 Å². The van der Waals surface area contributed by atoms with Crippen LogP contribution in [-0.2, 0) is 10.5 Å². The third-order valence-electron chi connectivity index (χ3n) is 5.39. The summed E-state index contributed by atoms with van der Waals surface area (Å²) in [5.41, 5.74) is 3.66. The average molecular weight is 489 g/mol. The van der Waals surface area contributed by atoms with E-state index in [0.29, 0.717) is 44.5 Å². The zero-order chi connectivity index (χ0) is 23.5. The molecule has 2 aromatic carbocycles. The number of para-hydroxylation sites is 1. The molecule has 1 amide bonds. The first-order chi connectivity index (χ1) is 16.6. The first-order valence-electron chi connectivity index (χ1n) is 10.7. The van der Waals surface area contributed by atoms with Crippen LogP contribution in [0, 0.1) is 0 Å². The Kier molecular flexibility index (Phi) is 6.33. The molecule has 0 unspecified atom stereocenters. The number of benzene rings is 2. The zero-order valence-corrected chi connectivity index (χ0v) is 19.8. The van der Waals surface area contributed by atoms with Crippen molar-refractivity contribution in [3.05, 3.63) is 107 Å². The standard InChI is InChI=1S/C25H21ClN6OS/c1-16-21(23(33)29-18-10-3-2-4-11-18)22(20-13-7-8-14-27-20)32-24(28-16)30-25(31-32)34-15-17-9-5-6-12-19(17)26/h2-14,22H,15H2,1H3,(H,29,33)(H,28,30,31)/t22-/m0/s1. The number of amides is 1. The lowest BCUT2D eigenvalue weighted by atomic mass is 9.98. The number of anilines is 2. The van der Waals surface area contributed by atoms with Gasteiger partial charge in [0.15, 0.2) is 0 Å². The Morgan fingerprint density at radius 1 is 1.09 bits per heavy atom. The fraction of sp³-hybridized carbons (Fsp3) is 0.120. The molecule has 0 radical (unpaired) electrons. The van der Waals surface area contributed by atoms with Crippen LogP contribution in [0.1, 0.15) is 24.2 Å². The summed E-state index contributed by atoms with van der Waals surface area (Å²) < 4.78 is 1.73. The highest BCUT2D eigenvalue weighted by Crippen LogP contribution is 2.36. The number of thioether (sulfide) groups is 1. The van der Waals surface area contributed by atoms with Crippen molar-refractivity contribution < 1.29 is 4.79 Å². The molecule has 1 aliphatic rings. The lowest BCUT2D eigenvalue weighted by Gasteiger charge is -2.27. The highest BCUT2D eigenvalue weighted by atomic mass is 35.5. The topological polar surface area (TPSA) is 84.7 Å². The predicted octanol–water partition coefficient (Wildman–Crippen LogP) is 5.55. The van der Waals surface area contributed by atoms with Crippen molar-refractivity contribution in [1.29, 1.82) is 0 Å². The summed E-state index contributed by atoms with van der Waals surface area (Å²) in [6.07, 6.45) is 1.71. The quantitative estimate of drug-likeness (QED) is 0.346. The first kappa shape index (κ1) is 22.2. The number of nitrogens with zero attached hydrogens (tertiary/aromatic N) is 4. The van der Waals surface area contributed by atoms with Crippen LogP contribution in [0.2, 0.25) is 5.02 Å². The van der Waals surface area contributed by atoms with E-state index in [1.165, 1.54) is 11.8 Å². The number of carbonyl (C=O) groups excluding carboxylic acids is 1. The molecule has 5 rings (SSSR count). The van der Waals surface area contributed by atoms with Gasteiger partial charge in [-0.25, -0.2) is 4.68 Å². The van der Waals surface area contributed by atoms with Crippen LogP contribution in [0.3, 0.4) is 0 Å². The Balaban J connectivity index is 1.48. The number of rotatable bonds is 6. The average Bonchev–Trinajstić information content (AvgIpc) is 3.26. The monoisotopic (exact) mass is 488 g/mol. The minimum atomic E-state index is -0.525. The molecule has 170 valence electrons. The lowest BCUT2D eigenvalue weighted by molar-refractivity contribution is -0.113. The Hall–Kier alpha value is -3.62. The number of pyridine rings is 1. The van der Waals surface area contributed by atoms with Crippen LogP contribution < -0.4 is 10.6 Å². The van der Waals surface area contributed by atoms with Gasteiger partial charge in [-0.3, -0.25) is 9.78 Å². The largest absolute Gasteiger partial charge is 0.328 e. The van der Waals surface area contributed by atoms with E-state index in [-0.39, 0.29) is 5.91 Å². The van der Waals surface area contributed by atoms with E-state index < -0.39 is 6.04 Å². The van der Waals surface area contributed by atoms with E-state index in [0.717, 1.165) is 5.56 Å². The number of hydrogen-bond acceptors (Lipinski definition) is 6. The molecule has 7 nitrogen and oxygen atoms in total. The van der Waals surface area contributed by atoms with Gasteiger partial charge >= 0.3 is 0 Å². The number of carbonyl (C=O) groups is 1. The van der Waals surface area contributed by atoms with E-state index in [1.54, 1.807) is 10.9 Å². The van der Waals surface area contributed by atoms with Crippen LogP contribution in [-0.4, -0.2) is 25.7 Å². The van der Waals surface area contributed by atoms with Gasteiger partial charge in [-0.05, 0) is 42.8 Å². The van der Waals surface area contributed by atoms with Gasteiger partial charge < -0.3 is 10.6 Å². The summed E-state index contributed by atoms with van der Waals surface area (Å²) in [5.74, 6) is 0.967. The van der Waals surface area contributed by atoms with Crippen LogP contribution in [0.25, 0.3) is 0 Å². The Morgan fingerprint density at radius 3 is 2.62 bits per heavy atom. The highest BCUT2D eigenvalue weighted by Gasteiger charge is 2.35. The summed E-state index contributed by atoms with van der Waals surface area (Å²) in [4.78, 5) is 22.6. The molecule has 34 heavy (non-hydrogen) atoms. The SMILES string of the molecule is CC1=C(C(=O)Nc2ccccc2)[C@H](c2ccccn2)n2nc(SCc3ccccc3Cl)nc2N1. The maximum atomic E-state index is 13.4. The van der Waals surface area contributed by atoms with E-state index in [1.807, 2.05) is 79.7 Å². The smallest absolute Gasteiger partial charge is 0.255 e. The number of allylic oxidation sites excluding steroid dienone is 1. The Morgan fingerprint density at radius 2 is 1.85 bits per heavy atom. The normalized spacial score (nSPS) is 14.9. The number of halogens is 1. The fourth-order valence-corrected chi connectivity index (χ4v) is 4.89. The van der Waals surface area contributed by atoms with Crippen molar-refractivity contribution in [3.63, 3.8) is 0 Å². The molecule has 9 heteroatoms. The van der Waals surface area contributed by atoms with Crippen molar-refractivity contribution in [2.45, 2.75) is 23.9 Å². The predicted molar refractivity (Wildman–Crippen MR) is 135 cm³/mol. The summed E-state index contributed by atoms with van der Waals surface area (Å²) in [6, 6.07) is 22.2. The molecule has 0 fully saturated rings. The minimum Gasteiger partial charge on any atom is -0.328 e. The van der Waals surface area contributed by atoms with Gasteiger partial charge in [-0.2, -0.15) is 4.98 Å². The molecule has 2 N–H and O–H groups in total. The van der Waals surface area contributed by atoms with Gasteiger partial charge in [0.05, 0.1) is 11.3 Å². The summed E-state index contributed by atoms with van der Waals surface area (Å²) in [7, 11) is 0. The Bertz CT molecular complexity index is 1360. The molecular formula is C25H21ClN6OS. The van der Waals surface area contributed by atoms with Gasteiger partial charge in [0.2, 0.25) is 11.1 Å². The van der Waals surface area contributed by atoms with Gasteiger partial charge in [0.1, 0.15) is 6.04 Å². The number of fused-ring (bicyclic) bond motifs is 1. The van der Waals surface area contributed by atoms with Gasteiger partial charge in [-0.15, -0.1) is 5.10 Å². The maximum absolute atomic E-state index is 13.4. The van der Waals surface area contributed by atoms with Crippen LogP contribution in [0.15, 0.2) is 95.4 Å². The Labute approximate surface area is 206 Å². The molecule has 0 saturated heterocycles. The maximum Gasteiger partial charge on any atom is 0.255 e. The van der Waals surface area contributed by atoms with Crippen molar-refractivity contribution in [3.8, 4) is 0 Å². The molecule has 0 bridgehead atoms. The second-order valence-corrected chi connectivity index (χ2v) is 9.03. The highest BCUT2D eigenvalue weighted by molar-refractivity contribution is 7.98. The first-order valence-corrected chi connectivity index (χ1v) is 12.0. The van der Waals surface area contributed by atoms with E-state index in [2.05, 4.69) is 20.6 Å². The summed E-state index contributed by atoms with van der Waals surface area (Å²) >= 11 is 7.79. The third kappa shape index (κ3) is 4.55. The van der Waals surface area contributed by atoms with Crippen molar-refractivity contribution in [2.24, 2.45) is 0 Å². The molecule has 1 atom stereocenters. The van der Waals surface area contributed by atoms with E-state index >= 15 is 0 Å². The summed E-state index contributed by atoms with van der Waals surface area (Å²) in [6.45, 7) is 1.87. The zero-order valence-electron chi connectivity index (χ0n) is 18.3. The molecule has 0 aliphatic carbocycles. The van der Waals surface area contributed by atoms with Crippen molar-refractivity contribution >= 4 is 40.9 Å². The van der Waals surface area contributed by atoms with Crippen LogP contribution in [0.4, 0.5) is 11.6 Å². The molecule has 4 aromatic rings. The van der Waals surface area contributed by atoms with E-state index in [9.17, 15) is 4.79 Å². The van der Waals surface area contributed by atoms with E-state index in [4.69, 9.17) is 16.7 Å². The molecular weight excluding hydrogens is 468 g/mol. The van der Waals surface area contributed by atoms with Crippen LogP contribution in [0.5, 0.6) is 0 Å². The molecule has 3 heterocycles. The van der Waals surface area contributed by atoms with Gasteiger partial charge in [-0.1, -0.05) is 65.8 Å². The summed E-state index contributed by atoms with van der Waals surface area (Å²) in [5, 5.41) is 12.3. The minimum absolute atomic E-state index is 0.224. The molecule has 0 saturated carbocycles. The fourth-order valence-electron chi connectivity index (χ4n) is 3.78. The third-order valence-corrected chi connectivity index (χ3v) is 6.65. The van der Waals surface area contributed by atoms with Crippen molar-refractivity contribution in [2.75, 3.05) is 10.6 Å². The second-order valence-electron chi connectivity index (χ2n) is 7.68. The number of aromatic nitrogens is 4. The molecule has 1 aliphatic heterocycles. The molecule has 0 spiro atoms.